The van der Waals surface area contributed by atoms with E-state index in [1.165, 1.54) is 42.2 Å². The maximum atomic E-state index is 13.0. The van der Waals surface area contributed by atoms with Crippen molar-refractivity contribution in [3.05, 3.63) is 69.7 Å². The van der Waals surface area contributed by atoms with Crippen molar-refractivity contribution < 1.29 is 23.5 Å². The van der Waals surface area contributed by atoms with Crippen molar-refractivity contribution in [3.8, 4) is 11.5 Å². The normalized spacial score (nSPS) is 10.8. The molecular weight excluding hydrogens is 565 g/mol. The van der Waals surface area contributed by atoms with Gasteiger partial charge >= 0.3 is 0 Å². The van der Waals surface area contributed by atoms with E-state index in [1.54, 1.807) is 12.1 Å². The maximum Gasteiger partial charge on any atom is 0.262 e. The Labute approximate surface area is 226 Å². The molecule has 0 atom stereocenters. The number of anilines is 1. The zero-order valence-corrected chi connectivity index (χ0v) is 22.8. The van der Waals surface area contributed by atoms with E-state index in [0.717, 1.165) is 11.4 Å². The third kappa shape index (κ3) is 9.14. The second kappa shape index (κ2) is 13.7. The number of ether oxygens (including phenoxy) is 2. The van der Waals surface area contributed by atoms with Gasteiger partial charge in [0.15, 0.2) is 23.3 Å². The zero-order valence-electron chi connectivity index (χ0n) is 20.4. The van der Waals surface area contributed by atoms with E-state index in [9.17, 15) is 14.0 Å². The third-order valence-electron chi connectivity index (χ3n) is 4.54. The topological polar surface area (TPSA) is 115 Å². The predicted molar refractivity (Wildman–Crippen MR) is 144 cm³/mol. The van der Waals surface area contributed by atoms with Crippen LogP contribution >= 0.6 is 27.7 Å². The molecule has 0 aliphatic heterocycles. The number of benzene rings is 2. The Hall–Kier alpha value is -3.51. The molecule has 194 valence electrons. The van der Waals surface area contributed by atoms with Gasteiger partial charge in [-0.2, -0.15) is 5.10 Å². The van der Waals surface area contributed by atoms with Crippen molar-refractivity contribution in [2.75, 3.05) is 24.3 Å². The highest BCUT2D eigenvalue weighted by Gasteiger charge is 2.13. The van der Waals surface area contributed by atoms with Crippen LogP contribution in [0.5, 0.6) is 11.5 Å². The fourth-order valence-electron chi connectivity index (χ4n) is 3.00. The minimum atomic E-state index is -0.414. The Morgan fingerprint density at radius 2 is 1.73 bits per heavy atom. The Morgan fingerprint density at radius 1 is 1.05 bits per heavy atom. The second-order valence-electron chi connectivity index (χ2n) is 7.61. The molecule has 2 N–H and O–H groups in total. The number of carbonyl (C=O) groups is 2. The Morgan fingerprint density at radius 3 is 2.41 bits per heavy atom. The van der Waals surface area contributed by atoms with Gasteiger partial charge in [-0.1, -0.05) is 11.8 Å². The Bertz CT molecular complexity index is 1270. The smallest absolute Gasteiger partial charge is 0.262 e. The van der Waals surface area contributed by atoms with E-state index in [2.05, 4.69) is 41.7 Å². The molecule has 0 unspecified atom stereocenters. The van der Waals surface area contributed by atoms with Gasteiger partial charge in [-0.3, -0.25) is 9.59 Å². The number of hydrogen-bond acceptors (Lipinski definition) is 8. The van der Waals surface area contributed by atoms with Gasteiger partial charge in [0.25, 0.3) is 11.8 Å². The summed E-state index contributed by atoms with van der Waals surface area (Å²) >= 11 is 4.67. The van der Waals surface area contributed by atoms with Crippen LogP contribution in [-0.4, -0.2) is 47.0 Å². The number of thioether (sulfide) groups is 1. The number of amides is 2. The summed E-state index contributed by atoms with van der Waals surface area (Å²) in [5, 5.41) is 7.17. The van der Waals surface area contributed by atoms with Gasteiger partial charge in [0.2, 0.25) is 0 Å². The van der Waals surface area contributed by atoms with Crippen LogP contribution in [0, 0.1) is 19.7 Å². The van der Waals surface area contributed by atoms with Gasteiger partial charge in [0.05, 0.1) is 18.6 Å². The molecule has 0 aliphatic rings. The van der Waals surface area contributed by atoms with Crippen molar-refractivity contribution in [3.63, 3.8) is 0 Å². The average Bonchev–Trinajstić information content (AvgIpc) is 2.84. The summed E-state index contributed by atoms with van der Waals surface area (Å²) in [6.45, 7) is 5.64. The van der Waals surface area contributed by atoms with E-state index in [0.29, 0.717) is 39.0 Å². The highest BCUT2D eigenvalue weighted by atomic mass is 79.9. The molecule has 0 saturated heterocycles. The number of nitrogens with one attached hydrogen (secondary N) is 2. The minimum absolute atomic E-state index is 0.109. The lowest BCUT2D eigenvalue weighted by Gasteiger charge is -2.14. The van der Waals surface area contributed by atoms with Crippen molar-refractivity contribution >= 4 is 51.4 Å². The lowest BCUT2D eigenvalue weighted by Crippen LogP contribution is -2.20. The summed E-state index contributed by atoms with van der Waals surface area (Å²) in [7, 11) is 0. The van der Waals surface area contributed by atoms with Crippen molar-refractivity contribution in [1.29, 1.82) is 0 Å². The van der Waals surface area contributed by atoms with Crippen molar-refractivity contribution in [1.82, 2.24) is 15.4 Å². The molecule has 1 heterocycles. The summed E-state index contributed by atoms with van der Waals surface area (Å²) in [5.74, 6) is -0.266. The first-order valence-corrected chi connectivity index (χ1v) is 12.9. The molecule has 9 nitrogen and oxygen atoms in total. The first-order valence-electron chi connectivity index (χ1n) is 11.1. The third-order valence-corrected chi connectivity index (χ3v) is 6.07. The number of halogens is 2. The summed E-state index contributed by atoms with van der Waals surface area (Å²) in [4.78, 5) is 33.0. The number of aromatic nitrogens is 2. The molecule has 0 spiro atoms. The minimum Gasteiger partial charge on any atom is -0.490 e. The highest BCUT2D eigenvalue weighted by Crippen LogP contribution is 2.33. The fraction of sp³-hybridized carbons (Fsp3) is 0.240. The lowest BCUT2D eigenvalue weighted by atomic mass is 10.2. The van der Waals surface area contributed by atoms with Crippen LogP contribution in [0.2, 0.25) is 0 Å². The fourth-order valence-corrected chi connectivity index (χ4v) is 4.17. The first kappa shape index (κ1) is 28.1. The number of rotatable bonds is 11. The van der Waals surface area contributed by atoms with Crippen molar-refractivity contribution in [2.45, 2.75) is 25.9 Å². The molecule has 3 rings (SSSR count). The molecule has 0 radical (unpaired) electrons. The van der Waals surface area contributed by atoms with Gasteiger partial charge in [-0.05, 0) is 79.2 Å². The largest absolute Gasteiger partial charge is 0.490 e. The van der Waals surface area contributed by atoms with E-state index < -0.39 is 11.7 Å². The van der Waals surface area contributed by atoms with Crippen molar-refractivity contribution in [2.24, 2.45) is 5.10 Å². The van der Waals surface area contributed by atoms with Crippen LogP contribution in [0.1, 0.15) is 23.9 Å². The standard InChI is InChI=1S/C25H25BrFN5O4S/c1-4-35-21-10-17(12-28-32-24(34)14-37-25-29-15(2)9-16(3)30-25)20(26)11-22(21)36-13-23(33)31-19-7-5-18(27)6-8-19/h5-12H,4,13-14H2,1-3H3,(H,31,33)(H,32,34)/b28-12-. The molecule has 2 amide bonds. The summed E-state index contributed by atoms with van der Waals surface area (Å²) in [6.07, 6.45) is 1.47. The summed E-state index contributed by atoms with van der Waals surface area (Å²) in [6, 6.07) is 10.6. The monoisotopic (exact) mass is 589 g/mol. The quantitative estimate of drug-likeness (QED) is 0.145. The highest BCUT2D eigenvalue weighted by molar-refractivity contribution is 9.10. The number of aryl methyl sites for hydroxylation is 2. The SMILES string of the molecule is CCOc1cc(/C=N\NC(=O)CSc2nc(C)cc(C)n2)c(Br)cc1OCC(=O)Nc1ccc(F)cc1. The van der Waals surface area contributed by atoms with E-state index in [4.69, 9.17) is 9.47 Å². The molecular formula is C25H25BrFN5O4S. The number of hydrazone groups is 1. The van der Waals surface area contributed by atoms with Crippen LogP contribution in [0.4, 0.5) is 10.1 Å². The maximum absolute atomic E-state index is 13.0. The molecule has 0 aliphatic carbocycles. The molecule has 0 bridgehead atoms. The molecule has 3 aromatic rings. The number of carbonyl (C=O) groups excluding carboxylic acids is 2. The predicted octanol–water partition coefficient (Wildman–Crippen LogP) is 4.65. The molecule has 2 aromatic carbocycles. The van der Waals surface area contributed by atoms with Crippen LogP contribution in [0.15, 0.2) is 57.2 Å². The average molecular weight is 590 g/mol. The lowest BCUT2D eigenvalue weighted by molar-refractivity contribution is -0.119. The molecule has 1 aromatic heterocycles. The van der Waals surface area contributed by atoms with E-state index in [1.807, 2.05) is 26.8 Å². The Balaban J connectivity index is 1.57. The summed E-state index contributed by atoms with van der Waals surface area (Å²) in [5.41, 5.74) is 5.23. The number of nitrogens with zero attached hydrogens (tertiary/aromatic N) is 3. The van der Waals surface area contributed by atoms with Gasteiger partial charge in [-0.15, -0.1) is 0 Å². The Kier molecular flexibility index (Phi) is 10.4. The van der Waals surface area contributed by atoms with Crippen LogP contribution < -0.4 is 20.2 Å². The van der Waals surface area contributed by atoms with Gasteiger partial charge < -0.3 is 14.8 Å². The van der Waals surface area contributed by atoms with Crippen LogP contribution in [0.25, 0.3) is 0 Å². The van der Waals surface area contributed by atoms with Crippen LogP contribution in [-0.2, 0) is 9.59 Å². The second-order valence-corrected chi connectivity index (χ2v) is 9.41. The number of hydrogen-bond donors (Lipinski definition) is 2. The molecule has 0 fully saturated rings. The van der Waals surface area contributed by atoms with Crippen LogP contribution in [0.3, 0.4) is 0 Å². The first-order chi connectivity index (χ1) is 17.7. The van der Waals surface area contributed by atoms with E-state index in [-0.39, 0.29) is 18.3 Å². The van der Waals surface area contributed by atoms with Gasteiger partial charge in [0, 0.05) is 27.1 Å². The van der Waals surface area contributed by atoms with Gasteiger partial charge in [0.1, 0.15) is 5.82 Å². The van der Waals surface area contributed by atoms with Gasteiger partial charge in [-0.25, -0.2) is 19.8 Å². The van der Waals surface area contributed by atoms with E-state index >= 15 is 0 Å². The molecule has 37 heavy (non-hydrogen) atoms. The molecule has 0 saturated carbocycles. The molecule has 12 heteroatoms. The summed E-state index contributed by atoms with van der Waals surface area (Å²) < 4.78 is 24.9. The zero-order chi connectivity index (χ0) is 26.8.